The standard InChI is InChI=1S/C13H18ClN3O2/c1-8-13(2,5-6-19-8)16-12(18)10-7-9(14)3-4-11(10)17-15/h3-4,7-8,17H,5-6,15H2,1-2H3,(H,16,18). The Balaban J connectivity index is 2.22. The first-order chi connectivity index (χ1) is 8.96. The Morgan fingerprint density at radius 2 is 2.32 bits per heavy atom. The summed E-state index contributed by atoms with van der Waals surface area (Å²) in [5.74, 6) is 5.20. The monoisotopic (exact) mass is 283 g/mol. The molecule has 4 N–H and O–H groups in total. The number of amides is 1. The Morgan fingerprint density at radius 3 is 2.89 bits per heavy atom. The number of nitrogens with two attached hydrogens (primary N) is 1. The molecule has 1 aromatic rings. The fraction of sp³-hybridized carbons (Fsp3) is 0.462. The number of halogens is 1. The van der Waals surface area contributed by atoms with Crippen molar-refractivity contribution in [2.24, 2.45) is 5.84 Å². The average molecular weight is 284 g/mol. The van der Waals surface area contributed by atoms with Gasteiger partial charge in [-0.2, -0.15) is 0 Å². The second kappa shape index (κ2) is 5.36. The predicted molar refractivity (Wildman–Crippen MR) is 75.2 cm³/mol. The number of nitrogen functional groups attached to an aromatic ring is 1. The van der Waals surface area contributed by atoms with E-state index in [1.807, 2.05) is 13.8 Å². The lowest BCUT2D eigenvalue weighted by Crippen LogP contribution is -2.50. The zero-order chi connectivity index (χ0) is 14.0. The van der Waals surface area contributed by atoms with E-state index in [0.717, 1.165) is 6.42 Å². The maximum absolute atomic E-state index is 12.4. The summed E-state index contributed by atoms with van der Waals surface area (Å²) in [6, 6.07) is 4.95. The predicted octanol–water partition coefficient (Wildman–Crippen LogP) is 1.92. The molecule has 1 fully saturated rings. The summed E-state index contributed by atoms with van der Waals surface area (Å²) in [5, 5.41) is 3.50. The molecule has 1 heterocycles. The molecule has 2 atom stereocenters. The van der Waals surface area contributed by atoms with Crippen molar-refractivity contribution < 1.29 is 9.53 Å². The second-order valence-corrected chi connectivity index (χ2v) is 5.41. The van der Waals surface area contributed by atoms with Gasteiger partial charge in [-0.05, 0) is 38.5 Å². The highest BCUT2D eigenvalue weighted by molar-refractivity contribution is 6.31. The summed E-state index contributed by atoms with van der Waals surface area (Å²) < 4.78 is 5.50. The van der Waals surface area contributed by atoms with Crippen LogP contribution in [0.5, 0.6) is 0 Å². The summed E-state index contributed by atoms with van der Waals surface area (Å²) in [7, 11) is 0. The molecule has 0 saturated carbocycles. The molecule has 19 heavy (non-hydrogen) atoms. The molecular formula is C13H18ClN3O2. The molecule has 1 aliphatic heterocycles. The van der Waals surface area contributed by atoms with E-state index < -0.39 is 0 Å². The number of carbonyl (C=O) groups is 1. The van der Waals surface area contributed by atoms with Gasteiger partial charge in [0.25, 0.3) is 5.91 Å². The molecule has 2 rings (SSSR count). The van der Waals surface area contributed by atoms with Crippen LogP contribution in [0.25, 0.3) is 0 Å². The number of carbonyl (C=O) groups excluding carboxylic acids is 1. The Bertz CT molecular complexity index is 495. The van der Waals surface area contributed by atoms with Crippen molar-refractivity contribution in [3.63, 3.8) is 0 Å². The third-order valence-corrected chi connectivity index (χ3v) is 3.90. The van der Waals surface area contributed by atoms with Crippen molar-refractivity contribution in [2.75, 3.05) is 12.0 Å². The summed E-state index contributed by atoms with van der Waals surface area (Å²) in [6.45, 7) is 4.57. The van der Waals surface area contributed by atoms with Crippen molar-refractivity contribution in [2.45, 2.75) is 31.9 Å². The lowest BCUT2D eigenvalue weighted by Gasteiger charge is -2.29. The van der Waals surface area contributed by atoms with Crippen LogP contribution in [0.3, 0.4) is 0 Å². The molecular weight excluding hydrogens is 266 g/mol. The number of hydrazine groups is 1. The van der Waals surface area contributed by atoms with Crippen LogP contribution in [-0.2, 0) is 4.74 Å². The molecule has 1 amide bonds. The van der Waals surface area contributed by atoms with Gasteiger partial charge in [0.2, 0.25) is 0 Å². The van der Waals surface area contributed by atoms with Crippen molar-refractivity contribution >= 4 is 23.2 Å². The molecule has 5 nitrogen and oxygen atoms in total. The van der Waals surface area contributed by atoms with E-state index in [0.29, 0.717) is 22.9 Å². The van der Waals surface area contributed by atoms with Crippen LogP contribution in [0.15, 0.2) is 18.2 Å². The summed E-state index contributed by atoms with van der Waals surface area (Å²) in [6.07, 6.45) is 0.760. The normalized spacial score (nSPS) is 26.2. The second-order valence-electron chi connectivity index (χ2n) is 4.97. The topological polar surface area (TPSA) is 76.4 Å². The first kappa shape index (κ1) is 14.1. The van der Waals surface area contributed by atoms with Crippen LogP contribution in [0.2, 0.25) is 5.02 Å². The minimum absolute atomic E-state index is 0.0232. The van der Waals surface area contributed by atoms with E-state index in [9.17, 15) is 4.79 Å². The molecule has 0 bridgehead atoms. The number of benzene rings is 1. The molecule has 104 valence electrons. The molecule has 0 radical (unpaired) electrons. The van der Waals surface area contributed by atoms with Crippen LogP contribution in [0.1, 0.15) is 30.6 Å². The Morgan fingerprint density at radius 1 is 1.58 bits per heavy atom. The third-order valence-electron chi connectivity index (χ3n) is 3.67. The molecule has 0 aliphatic carbocycles. The first-order valence-electron chi connectivity index (χ1n) is 6.16. The van der Waals surface area contributed by atoms with Crippen LogP contribution in [0, 0.1) is 0 Å². The van der Waals surface area contributed by atoms with E-state index in [-0.39, 0.29) is 17.6 Å². The van der Waals surface area contributed by atoms with Gasteiger partial charge in [-0.15, -0.1) is 0 Å². The smallest absolute Gasteiger partial charge is 0.253 e. The van der Waals surface area contributed by atoms with E-state index in [1.165, 1.54) is 0 Å². The number of rotatable bonds is 3. The van der Waals surface area contributed by atoms with Gasteiger partial charge in [0, 0.05) is 11.6 Å². The zero-order valence-electron chi connectivity index (χ0n) is 11.0. The number of anilines is 1. The van der Waals surface area contributed by atoms with Crippen molar-refractivity contribution in [1.29, 1.82) is 0 Å². The largest absolute Gasteiger partial charge is 0.376 e. The Kier molecular flexibility index (Phi) is 3.99. The highest BCUT2D eigenvalue weighted by atomic mass is 35.5. The molecule has 2 unspecified atom stereocenters. The average Bonchev–Trinajstić information content (AvgIpc) is 2.69. The van der Waals surface area contributed by atoms with Crippen molar-refractivity contribution in [1.82, 2.24) is 5.32 Å². The first-order valence-corrected chi connectivity index (χ1v) is 6.54. The van der Waals surface area contributed by atoms with E-state index >= 15 is 0 Å². The SMILES string of the molecule is CC1OCCC1(C)NC(=O)c1cc(Cl)ccc1NN. The lowest BCUT2D eigenvalue weighted by atomic mass is 9.94. The quantitative estimate of drug-likeness (QED) is 0.585. The van der Waals surface area contributed by atoms with Gasteiger partial charge in [-0.25, -0.2) is 0 Å². The fourth-order valence-corrected chi connectivity index (χ4v) is 2.33. The fourth-order valence-electron chi connectivity index (χ4n) is 2.16. The van der Waals surface area contributed by atoms with Gasteiger partial charge in [0.15, 0.2) is 0 Å². The zero-order valence-corrected chi connectivity index (χ0v) is 11.8. The van der Waals surface area contributed by atoms with E-state index in [1.54, 1.807) is 18.2 Å². The molecule has 1 aliphatic rings. The van der Waals surface area contributed by atoms with Gasteiger partial charge < -0.3 is 15.5 Å². The summed E-state index contributed by atoms with van der Waals surface area (Å²) in [5.41, 5.74) is 3.10. The van der Waals surface area contributed by atoms with Crippen LogP contribution in [0.4, 0.5) is 5.69 Å². The number of ether oxygens (including phenoxy) is 1. The molecule has 6 heteroatoms. The maximum atomic E-state index is 12.4. The van der Waals surface area contributed by atoms with Crippen molar-refractivity contribution in [3.05, 3.63) is 28.8 Å². The minimum Gasteiger partial charge on any atom is -0.376 e. The molecule has 1 saturated heterocycles. The summed E-state index contributed by atoms with van der Waals surface area (Å²) in [4.78, 5) is 12.4. The van der Waals surface area contributed by atoms with E-state index in [4.69, 9.17) is 22.2 Å². The molecule has 1 aromatic carbocycles. The molecule has 0 aromatic heterocycles. The third kappa shape index (κ3) is 2.83. The Hall–Kier alpha value is -1.30. The lowest BCUT2D eigenvalue weighted by molar-refractivity contribution is 0.0728. The van der Waals surface area contributed by atoms with E-state index in [2.05, 4.69) is 10.7 Å². The van der Waals surface area contributed by atoms with Crippen LogP contribution >= 0.6 is 11.6 Å². The number of hydrogen-bond donors (Lipinski definition) is 3. The number of nitrogens with one attached hydrogen (secondary N) is 2. The van der Waals surface area contributed by atoms with Gasteiger partial charge >= 0.3 is 0 Å². The number of hydrogen-bond acceptors (Lipinski definition) is 4. The van der Waals surface area contributed by atoms with Crippen LogP contribution < -0.4 is 16.6 Å². The van der Waals surface area contributed by atoms with Gasteiger partial charge in [0.05, 0.1) is 22.9 Å². The highest BCUT2D eigenvalue weighted by Crippen LogP contribution is 2.27. The van der Waals surface area contributed by atoms with Gasteiger partial charge in [-0.3, -0.25) is 10.6 Å². The Labute approximate surface area is 117 Å². The highest BCUT2D eigenvalue weighted by Gasteiger charge is 2.38. The van der Waals surface area contributed by atoms with Gasteiger partial charge in [0.1, 0.15) is 0 Å². The molecule has 0 spiro atoms. The summed E-state index contributed by atoms with van der Waals surface area (Å²) >= 11 is 5.92. The van der Waals surface area contributed by atoms with Gasteiger partial charge in [-0.1, -0.05) is 11.6 Å². The van der Waals surface area contributed by atoms with Crippen LogP contribution in [-0.4, -0.2) is 24.2 Å². The van der Waals surface area contributed by atoms with Crippen molar-refractivity contribution in [3.8, 4) is 0 Å². The minimum atomic E-state index is -0.370. The maximum Gasteiger partial charge on any atom is 0.253 e.